The SMILES string of the molecule is Nc1nc(Br)n(CC2CCOc3ccccc32)n1. The Bertz CT molecular complexity index is 569. The summed E-state index contributed by atoms with van der Waals surface area (Å²) < 4.78 is 8.11. The van der Waals surface area contributed by atoms with Crippen LogP contribution in [0.15, 0.2) is 29.0 Å². The molecule has 0 aliphatic carbocycles. The van der Waals surface area contributed by atoms with Gasteiger partial charge in [-0.05, 0) is 34.0 Å². The van der Waals surface area contributed by atoms with E-state index < -0.39 is 0 Å². The maximum absolute atomic E-state index is 5.65. The standard InChI is InChI=1S/C12H13BrN4O/c13-11-15-12(14)16-17(11)7-8-5-6-18-10-4-2-1-3-9(8)10/h1-4,8H,5-7H2,(H2,14,16). The lowest BCUT2D eigenvalue weighted by Crippen LogP contribution is -2.19. The second-order valence-electron chi connectivity index (χ2n) is 4.29. The van der Waals surface area contributed by atoms with Crippen LogP contribution in [0.5, 0.6) is 5.75 Å². The van der Waals surface area contributed by atoms with Gasteiger partial charge < -0.3 is 10.5 Å². The Morgan fingerprint density at radius 3 is 3.06 bits per heavy atom. The predicted octanol–water partition coefficient (Wildman–Crippen LogP) is 2.19. The number of fused-ring (bicyclic) bond motifs is 1. The topological polar surface area (TPSA) is 66.0 Å². The summed E-state index contributed by atoms with van der Waals surface area (Å²) in [6.07, 6.45) is 0.975. The quantitative estimate of drug-likeness (QED) is 0.923. The largest absolute Gasteiger partial charge is 0.493 e. The van der Waals surface area contributed by atoms with E-state index in [-0.39, 0.29) is 0 Å². The van der Waals surface area contributed by atoms with Crippen molar-refractivity contribution in [3.63, 3.8) is 0 Å². The van der Waals surface area contributed by atoms with E-state index in [1.165, 1.54) is 5.56 Å². The predicted molar refractivity (Wildman–Crippen MR) is 71.4 cm³/mol. The molecule has 1 aromatic heterocycles. The lowest BCUT2D eigenvalue weighted by atomic mass is 9.93. The molecule has 1 atom stereocenters. The van der Waals surface area contributed by atoms with Crippen LogP contribution in [0.25, 0.3) is 0 Å². The third-order valence-corrected chi connectivity index (χ3v) is 3.71. The molecule has 0 spiro atoms. The first-order valence-corrected chi connectivity index (χ1v) is 6.61. The number of ether oxygens (including phenoxy) is 1. The number of benzene rings is 1. The fraction of sp³-hybridized carbons (Fsp3) is 0.333. The minimum atomic E-state index is 0.294. The first-order chi connectivity index (χ1) is 8.74. The average molecular weight is 309 g/mol. The second kappa shape index (κ2) is 4.61. The number of nitrogen functional groups attached to an aromatic ring is 1. The first kappa shape index (κ1) is 11.5. The zero-order chi connectivity index (χ0) is 12.5. The van der Waals surface area contributed by atoms with Crippen molar-refractivity contribution in [1.29, 1.82) is 0 Å². The summed E-state index contributed by atoms with van der Waals surface area (Å²) in [5, 5.41) is 4.17. The van der Waals surface area contributed by atoms with E-state index in [9.17, 15) is 0 Å². The van der Waals surface area contributed by atoms with Gasteiger partial charge in [-0.15, -0.1) is 5.10 Å². The number of hydrogen-bond donors (Lipinski definition) is 1. The van der Waals surface area contributed by atoms with Crippen LogP contribution >= 0.6 is 15.9 Å². The molecule has 0 saturated heterocycles. The molecule has 0 fully saturated rings. The van der Waals surface area contributed by atoms with Crippen molar-refractivity contribution in [2.24, 2.45) is 0 Å². The van der Waals surface area contributed by atoms with Gasteiger partial charge in [0.25, 0.3) is 0 Å². The number of aromatic nitrogens is 3. The molecular formula is C12H13BrN4O. The van der Waals surface area contributed by atoms with Crippen LogP contribution in [-0.4, -0.2) is 21.4 Å². The van der Waals surface area contributed by atoms with E-state index in [4.69, 9.17) is 10.5 Å². The third kappa shape index (κ3) is 2.08. The molecule has 94 valence electrons. The number of para-hydroxylation sites is 1. The van der Waals surface area contributed by atoms with Gasteiger partial charge in [0.15, 0.2) is 4.73 Å². The van der Waals surface area contributed by atoms with Crippen molar-refractivity contribution in [2.75, 3.05) is 12.3 Å². The van der Waals surface area contributed by atoms with Gasteiger partial charge >= 0.3 is 0 Å². The highest BCUT2D eigenvalue weighted by Gasteiger charge is 2.22. The van der Waals surface area contributed by atoms with Gasteiger partial charge in [-0.25, -0.2) is 4.68 Å². The van der Waals surface area contributed by atoms with Crippen molar-refractivity contribution < 1.29 is 4.74 Å². The van der Waals surface area contributed by atoms with Gasteiger partial charge in [0.1, 0.15) is 5.75 Å². The van der Waals surface area contributed by atoms with Crippen LogP contribution in [0, 0.1) is 0 Å². The molecule has 2 N–H and O–H groups in total. The number of nitrogens with two attached hydrogens (primary N) is 1. The molecular weight excluding hydrogens is 296 g/mol. The maximum Gasteiger partial charge on any atom is 0.240 e. The monoisotopic (exact) mass is 308 g/mol. The van der Waals surface area contributed by atoms with Gasteiger partial charge in [0, 0.05) is 5.92 Å². The van der Waals surface area contributed by atoms with Crippen molar-refractivity contribution in [3.8, 4) is 5.75 Å². The van der Waals surface area contributed by atoms with Crippen molar-refractivity contribution in [3.05, 3.63) is 34.6 Å². The number of hydrogen-bond acceptors (Lipinski definition) is 4. The van der Waals surface area contributed by atoms with Crippen LogP contribution in [0.3, 0.4) is 0 Å². The molecule has 0 bridgehead atoms. The summed E-state index contributed by atoms with van der Waals surface area (Å²) in [6.45, 7) is 1.49. The second-order valence-corrected chi connectivity index (χ2v) is 5.00. The molecule has 18 heavy (non-hydrogen) atoms. The molecule has 3 rings (SSSR count). The summed E-state index contributed by atoms with van der Waals surface area (Å²) >= 11 is 3.36. The molecule has 6 heteroatoms. The molecule has 1 aromatic carbocycles. The number of nitrogens with zero attached hydrogens (tertiary/aromatic N) is 3. The minimum absolute atomic E-state index is 0.294. The fourth-order valence-electron chi connectivity index (χ4n) is 2.27. The summed E-state index contributed by atoms with van der Waals surface area (Å²) in [4.78, 5) is 4.05. The Labute approximate surface area is 113 Å². The smallest absolute Gasteiger partial charge is 0.240 e. The van der Waals surface area contributed by atoms with Crippen molar-refractivity contribution in [2.45, 2.75) is 18.9 Å². The molecule has 5 nitrogen and oxygen atoms in total. The maximum atomic E-state index is 5.65. The molecule has 1 aliphatic rings. The Morgan fingerprint density at radius 2 is 2.28 bits per heavy atom. The lowest BCUT2D eigenvalue weighted by Gasteiger charge is -2.25. The highest BCUT2D eigenvalue weighted by atomic mass is 79.9. The fourth-order valence-corrected chi connectivity index (χ4v) is 2.68. The van der Waals surface area contributed by atoms with Gasteiger partial charge in [-0.2, -0.15) is 4.98 Å². The molecule has 0 saturated carbocycles. The minimum Gasteiger partial charge on any atom is -0.493 e. The van der Waals surface area contributed by atoms with Crippen LogP contribution in [0.2, 0.25) is 0 Å². The van der Waals surface area contributed by atoms with Gasteiger partial charge in [-0.1, -0.05) is 18.2 Å². The Hall–Kier alpha value is -1.56. The van der Waals surface area contributed by atoms with Crippen LogP contribution < -0.4 is 10.5 Å². The van der Waals surface area contributed by atoms with E-state index >= 15 is 0 Å². The molecule has 2 aromatic rings. The average Bonchev–Trinajstić information content (AvgIpc) is 2.68. The van der Waals surface area contributed by atoms with E-state index in [0.717, 1.165) is 25.3 Å². The van der Waals surface area contributed by atoms with E-state index in [0.29, 0.717) is 16.6 Å². The van der Waals surface area contributed by atoms with Crippen molar-refractivity contribution >= 4 is 21.9 Å². The molecule has 1 unspecified atom stereocenters. The van der Waals surface area contributed by atoms with E-state index in [2.05, 4.69) is 32.1 Å². The van der Waals surface area contributed by atoms with Crippen molar-refractivity contribution in [1.82, 2.24) is 14.8 Å². The summed E-state index contributed by atoms with van der Waals surface area (Å²) in [5.41, 5.74) is 6.81. The van der Waals surface area contributed by atoms with Gasteiger partial charge in [0.05, 0.1) is 13.2 Å². The first-order valence-electron chi connectivity index (χ1n) is 5.81. The Balaban J connectivity index is 1.88. The highest BCUT2D eigenvalue weighted by Crippen LogP contribution is 2.34. The normalized spacial score (nSPS) is 18.2. The number of halogens is 1. The summed E-state index contributed by atoms with van der Waals surface area (Å²) in [7, 11) is 0. The number of rotatable bonds is 2. The summed E-state index contributed by atoms with van der Waals surface area (Å²) in [6, 6.07) is 8.13. The Morgan fingerprint density at radius 1 is 1.44 bits per heavy atom. The highest BCUT2D eigenvalue weighted by molar-refractivity contribution is 9.10. The third-order valence-electron chi connectivity index (χ3n) is 3.12. The summed E-state index contributed by atoms with van der Waals surface area (Å²) in [5.74, 6) is 1.65. The number of anilines is 1. The zero-order valence-corrected chi connectivity index (χ0v) is 11.3. The van der Waals surface area contributed by atoms with Crippen LogP contribution in [0.4, 0.5) is 5.95 Å². The molecule has 2 heterocycles. The zero-order valence-electron chi connectivity index (χ0n) is 9.71. The van der Waals surface area contributed by atoms with E-state index in [1.54, 1.807) is 4.68 Å². The molecule has 0 amide bonds. The van der Waals surface area contributed by atoms with Crippen LogP contribution in [0.1, 0.15) is 17.9 Å². The Kier molecular flexibility index (Phi) is 2.95. The lowest BCUT2D eigenvalue weighted by molar-refractivity contribution is 0.256. The van der Waals surface area contributed by atoms with Gasteiger partial charge in [-0.3, -0.25) is 0 Å². The van der Waals surface area contributed by atoms with E-state index in [1.807, 2.05) is 18.2 Å². The van der Waals surface area contributed by atoms with Gasteiger partial charge in [0.2, 0.25) is 5.95 Å². The van der Waals surface area contributed by atoms with Crippen LogP contribution in [-0.2, 0) is 6.54 Å². The molecule has 1 aliphatic heterocycles. The molecule has 0 radical (unpaired) electrons.